The molecular formula is C9H9FO. The minimum Gasteiger partial charge on any atom is -0.392 e. The van der Waals surface area contributed by atoms with Gasteiger partial charge in [-0.3, -0.25) is 0 Å². The highest BCUT2D eigenvalue weighted by molar-refractivity contribution is 5.48. The quantitative estimate of drug-likeness (QED) is 0.685. The third-order valence-corrected chi connectivity index (χ3v) is 1.29. The van der Waals surface area contributed by atoms with Crippen LogP contribution >= 0.6 is 0 Å². The van der Waals surface area contributed by atoms with Crippen molar-refractivity contribution >= 4 is 6.08 Å². The molecule has 0 aliphatic heterocycles. The zero-order chi connectivity index (χ0) is 8.10. The van der Waals surface area contributed by atoms with E-state index in [0.29, 0.717) is 0 Å². The average molecular weight is 152 g/mol. The van der Waals surface area contributed by atoms with Gasteiger partial charge in [0.1, 0.15) is 5.82 Å². The van der Waals surface area contributed by atoms with Crippen LogP contribution in [0.1, 0.15) is 5.56 Å². The molecule has 0 bridgehead atoms. The van der Waals surface area contributed by atoms with Gasteiger partial charge in [0, 0.05) is 0 Å². The molecule has 0 radical (unpaired) electrons. The number of hydrogen-bond donors (Lipinski definition) is 1. The molecule has 0 heterocycles. The standard InChI is InChI=1S/C9H9FO/c10-9-5-3-8(4-6-9)2-1-7-11/h1-6,11H,7H2. The molecule has 0 aliphatic rings. The van der Waals surface area contributed by atoms with Crippen molar-refractivity contribution in [3.8, 4) is 0 Å². The van der Waals surface area contributed by atoms with Crippen LogP contribution in [0.25, 0.3) is 6.08 Å². The van der Waals surface area contributed by atoms with E-state index >= 15 is 0 Å². The number of aliphatic hydroxyl groups excluding tert-OH is 1. The Morgan fingerprint density at radius 3 is 2.45 bits per heavy atom. The van der Waals surface area contributed by atoms with E-state index in [0.717, 1.165) is 5.56 Å². The van der Waals surface area contributed by atoms with Crippen molar-refractivity contribution in [1.82, 2.24) is 0 Å². The van der Waals surface area contributed by atoms with Gasteiger partial charge in [0.25, 0.3) is 0 Å². The minimum atomic E-state index is -0.244. The molecule has 0 fully saturated rings. The second-order valence-electron chi connectivity index (χ2n) is 2.14. The monoisotopic (exact) mass is 152 g/mol. The van der Waals surface area contributed by atoms with Crippen LogP contribution in [0.5, 0.6) is 0 Å². The molecule has 1 N–H and O–H groups in total. The second kappa shape index (κ2) is 3.88. The smallest absolute Gasteiger partial charge is 0.123 e. The van der Waals surface area contributed by atoms with Crippen LogP contribution in [0.15, 0.2) is 30.3 Å². The van der Waals surface area contributed by atoms with E-state index in [9.17, 15) is 4.39 Å². The Balaban J connectivity index is 2.73. The maximum absolute atomic E-state index is 12.3. The van der Waals surface area contributed by atoms with Crippen LogP contribution in [0.2, 0.25) is 0 Å². The molecule has 11 heavy (non-hydrogen) atoms. The lowest BCUT2D eigenvalue weighted by Gasteiger charge is -1.90. The van der Waals surface area contributed by atoms with Crippen LogP contribution < -0.4 is 0 Å². The first-order valence-corrected chi connectivity index (χ1v) is 3.36. The highest BCUT2D eigenvalue weighted by atomic mass is 19.1. The van der Waals surface area contributed by atoms with Gasteiger partial charge in [0.2, 0.25) is 0 Å². The molecule has 1 rings (SSSR count). The molecule has 0 unspecified atom stereocenters. The SMILES string of the molecule is OCC=Cc1ccc(F)cc1. The van der Waals surface area contributed by atoms with Gasteiger partial charge in [-0.25, -0.2) is 4.39 Å². The summed E-state index contributed by atoms with van der Waals surface area (Å²) in [6, 6.07) is 6.08. The Morgan fingerprint density at radius 2 is 1.91 bits per heavy atom. The normalized spacial score (nSPS) is 10.7. The first-order valence-electron chi connectivity index (χ1n) is 3.36. The zero-order valence-corrected chi connectivity index (χ0v) is 6.00. The summed E-state index contributed by atoms with van der Waals surface area (Å²) < 4.78 is 12.3. The van der Waals surface area contributed by atoms with Gasteiger partial charge < -0.3 is 5.11 Å². The fraction of sp³-hybridized carbons (Fsp3) is 0.111. The number of aliphatic hydroxyl groups is 1. The summed E-state index contributed by atoms with van der Waals surface area (Å²) in [4.78, 5) is 0. The molecular weight excluding hydrogens is 143 g/mol. The molecule has 0 saturated carbocycles. The Morgan fingerprint density at radius 1 is 1.27 bits per heavy atom. The summed E-state index contributed by atoms with van der Waals surface area (Å²) in [5, 5.41) is 8.42. The van der Waals surface area contributed by atoms with E-state index < -0.39 is 0 Å². The van der Waals surface area contributed by atoms with Gasteiger partial charge in [-0.05, 0) is 17.7 Å². The molecule has 58 valence electrons. The second-order valence-corrected chi connectivity index (χ2v) is 2.14. The number of halogens is 1. The molecule has 1 aromatic rings. The first kappa shape index (κ1) is 7.95. The Kier molecular flexibility index (Phi) is 2.81. The van der Waals surface area contributed by atoms with Crippen molar-refractivity contribution in [1.29, 1.82) is 0 Å². The summed E-state index contributed by atoms with van der Waals surface area (Å²) >= 11 is 0. The third kappa shape index (κ3) is 2.51. The first-order chi connectivity index (χ1) is 5.33. The van der Waals surface area contributed by atoms with E-state index in [1.165, 1.54) is 12.1 Å². The minimum absolute atomic E-state index is 0.0113. The summed E-state index contributed by atoms with van der Waals surface area (Å²) in [7, 11) is 0. The van der Waals surface area contributed by atoms with Crippen LogP contribution in [-0.2, 0) is 0 Å². The molecule has 0 aliphatic carbocycles. The molecule has 0 aromatic heterocycles. The average Bonchev–Trinajstić information content (AvgIpc) is 2.04. The molecule has 2 heteroatoms. The van der Waals surface area contributed by atoms with E-state index in [1.54, 1.807) is 24.3 Å². The van der Waals surface area contributed by atoms with Gasteiger partial charge >= 0.3 is 0 Å². The predicted octanol–water partition coefficient (Wildman–Crippen LogP) is 1.83. The molecule has 0 atom stereocenters. The maximum Gasteiger partial charge on any atom is 0.123 e. The van der Waals surface area contributed by atoms with Crippen LogP contribution in [0, 0.1) is 5.82 Å². The largest absolute Gasteiger partial charge is 0.392 e. The van der Waals surface area contributed by atoms with E-state index in [4.69, 9.17) is 5.11 Å². The number of hydrogen-bond acceptors (Lipinski definition) is 1. The summed E-state index contributed by atoms with van der Waals surface area (Å²) in [6.45, 7) is 0.0113. The van der Waals surface area contributed by atoms with Gasteiger partial charge in [0.05, 0.1) is 6.61 Å². The van der Waals surface area contributed by atoms with Crippen LogP contribution in [-0.4, -0.2) is 11.7 Å². The fourth-order valence-corrected chi connectivity index (χ4v) is 0.763. The number of benzene rings is 1. The van der Waals surface area contributed by atoms with Crippen molar-refractivity contribution in [3.05, 3.63) is 41.7 Å². The van der Waals surface area contributed by atoms with Crippen molar-refractivity contribution in [2.45, 2.75) is 0 Å². The number of rotatable bonds is 2. The molecule has 0 amide bonds. The van der Waals surface area contributed by atoms with Gasteiger partial charge in [0.15, 0.2) is 0 Å². The lowest BCUT2D eigenvalue weighted by atomic mass is 10.2. The summed E-state index contributed by atoms with van der Waals surface area (Å²) in [5.74, 6) is -0.244. The van der Waals surface area contributed by atoms with E-state index in [1.807, 2.05) is 0 Å². The van der Waals surface area contributed by atoms with E-state index in [2.05, 4.69) is 0 Å². The lowest BCUT2D eigenvalue weighted by molar-refractivity contribution is 0.343. The molecule has 0 spiro atoms. The molecule has 1 nitrogen and oxygen atoms in total. The molecule has 1 aromatic carbocycles. The van der Waals surface area contributed by atoms with Gasteiger partial charge in [-0.15, -0.1) is 0 Å². The van der Waals surface area contributed by atoms with Crippen LogP contribution in [0.3, 0.4) is 0 Å². The molecule has 0 saturated heterocycles. The van der Waals surface area contributed by atoms with Gasteiger partial charge in [-0.1, -0.05) is 24.3 Å². The van der Waals surface area contributed by atoms with Crippen molar-refractivity contribution in [3.63, 3.8) is 0 Å². The van der Waals surface area contributed by atoms with Crippen molar-refractivity contribution in [2.75, 3.05) is 6.61 Å². The van der Waals surface area contributed by atoms with Crippen LogP contribution in [0.4, 0.5) is 4.39 Å². The Labute approximate surface area is 64.8 Å². The van der Waals surface area contributed by atoms with Crippen molar-refractivity contribution in [2.24, 2.45) is 0 Å². The lowest BCUT2D eigenvalue weighted by Crippen LogP contribution is -1.75. The topological polar surface area (TPSA) is 20.2 Å². The summed E-state index contributed by atoms with van der Waals surface area (Å²) in [6.07, 6.45) is 3.34. The Bertz CT molecular complexity index is 238. The Hall–Kier alpha value is -1.15. The predicted molar refractivity (Wildman–Crippen MR) is 42.5 cm³/mol. The zero-order valence-electron chi connectivity index (χ0n) is 6.00. The third-order valence-electron chi connectivity index (χ3n) is 1.29. The fourth-order valence-electron chi connectivity index (χ4n) is 0.763. The summed E-state index contributed by atoms with van der Waals surface area (Å²) in [5.41, 5.74) is 0.889. The maximum atomic E-state index is 12.3. The highest BCUT2D eigenvalue weighted by Crippen LogP contribution is 2.03. The van der Waals surface area contributed by atoms with E-state index in [-0.39, 0.29) is 12.4 Å². The van der Waals surface area contributed by atoms with Crippen molar-refractivity contribution < 1.29 is 9.50 Å². The van der Waals surface area contributed by atoms with Gasteiger partial charge in [-0.2, -0.15) is 0 Å². The highest BCUT2D eigenvalue weighted by Gasteiger charge is 1.87.